The van der Waals surface area contributed by atoms with Crippen molar-refractivity contribution in [2.75, 3.05) is 48.5 Å². The van der Waals surface area contributed by atoms with Gasteiger partial charge >= 0.3 is 8.80 Å². The minimum atomic E-state index is -2.32. The van der Waals surface area contributed by atoms with Gasteiger partial charge < -0.3 is 23.9 Å². The van der Waals surface area contributed by atoms with Crippen LogP contribution in [-0.2, 0) is 13.3 Å². The monoisotopic (exact) mass is 266 g/mol. The summed E-state index contributed by atoms with van der Waals surface area (Å²) in [4.78, 5) is 0. The summed E-state index contributed by atoms with van der Waals surface area (Å²) in [6.07, 6.45) is 2.20. The Bertz CT molecular complexity index is 138. The van der Waals surface area contributed by atoms with E-state index >= 15 is 0 Å². The molecule has 0 aromatic carbocycles. The number of hydrogen-bond donors (Lipinski definition) is 2. The lowest BCUT2D eigenvalue weighted by molar-refractivity contribution is 0.123. The SMILES string of the molecule is CCCNCCC[Si](OC)(OC)OC.CNC. The van der Waals surface area contributed by atoms with Gasteiger partial charge in [0.1, 0.15) is 0 Å². The van der Waals surface area contributed by atoms with E-state index in [0.717, 1.165) is 25.6 Å². The second-order valence-electron chi connectivity index (χ2n) is 3.65. The Morgan fingerprint density at radius 2 is 1.41 bits per heavy atom. The Morgan fingerprint density at radius 1 is 0.941 bits per heavy atom. The van der Waals surface area contributed by atoms with Gasteiger partial charge in [0.2, 0.25) is 0 Å². The number of rotatable bonds is 9. The molecule has 0 aromatic rings. The molecule has 0 fully saturated rings. The van der Waals surface area contributed by atoms with Crippen LogP contribution in [0.5, 0.6) is 0 Å². The smallest absolute Gasteiger partial charge is 0.377 e. The van der Waals surface area contributed by atoms with Gasteiger partial charge in [0, 0.05) is 27.4 Å². The van der Waals surface area contributed by atoms with Gasteiger partial charge in [-0.15, -0.1) is 0 Å². The maximum atomic E-state index is 5.31. The van der Waals surface area contributed by atoms with E-state index < -0.39 is 8.80 Å². The Balaban J connectivity index is 0. The van der Waals surface area contributed by atoms with Crippen LogP contribution in [0.4, 0.5) is 0 Å². The van der Waals surface area contributed by atoms with E-state index in [0.29, 0.717) is 0 Å². The van der Waals surface area contributed by atoms with E-state index in [9.17, 15) is 0 Å². The van der Waals surface area contributed by atoms with Crippen LogP contribution >= 0.6 is 0 Å². The molecule has 6 heteroatoms. The first kappa shape index (κ1) is 19.4. The molecule has 0 aromatic heterocycles. The van der Waals surface area contributed by atoms with Crippen molar-refractivity contribution in [3.8, 4) is 0 Å². The molecule has 0 saturated carbocycles. The van der Waals surface area contributed by atoms with Crippen molar-refractivity contribution in [3.63, 3.8) is 0 Å². The summed E-state index contributed by atoms with van der Waals surface area (Å²) < 4.78 is 15.9. The first-order valence-electron chi connectivity index (χ1n) is 6.10. The lowest BCUT2D eigenvalue weighted by atomic mass is 10.4. The van der Waals surface area contributed by atoms with Gasteiger partial charge in [-0.2, -0.15) is 0 Å². The molecule has 0 aliphatic rings. The van der Waals surface area contributed by atoms with Gasteiger partial charge in [-0.05, 0) is 40.0 Å². The summed E-state index contributed by atoms with van der Waals surface area (Å²) in [5.41, 5.74) is 0. The number of nitrogens with one attached hydrogen (secondary N) is 2. The molecule has 0 heterocycles. The summed E-state index contributed by atoms with van der Waals surface area (Å²) in [6.45, 7) is 4.23. The lowest BCUT2D eigenvalue weighted by Gasteiger charge is -2.24. The average molecular weight is 266 g/mol. The van der Waals surface area contributed by atoms with Gasteiger partial charge in [0.05, 0.1) is 0 Å². The van der Waals surface area contributed by atoms with Crippen LogP contribution in [0.1, 0.15) is 19.8 Å². The van der Waals surface area contributed by atoms with Crippen molar-refractivity contribution < 1.29 is 13.3 Å². The van der Waals surface area contributed by atoms with Crippen LogP contribution in [0.2, 0.25) is 6.04 Å². The Kier molecular flexibility index (Phi) is 16.0. The van der Waals surface area contributed by atoms with E-state index in [4.69, 9.17) is 13.3 Å². The fourth-order valence-corrected chi connectivity index (χ4v) is 3.01. The minimum Gasteiger partial charge on any atom is -0.377 e. The van der Waals surface area contributed by atoms with Gasteiger partial charge in [-0.1, -0.05) is 6.92 Å². The molecule has 5 nitrogen and oxygen atoms in total. The van der Waals surface area contributed by atoms with Crippen LogP contribution in [0.15, 0.2) is 0 Å². The van der Waals surface area contributed by atoms with Gasteiger partial charge in [0.15, 0.2) is 0 Å². The zero-order chi connectivity index (χ0) is 13.6. The molecule has 0 saturated heterocycles. The molecule has 0 atom stereocenters. The fourth-order valence-electron chi connectivity index (χ4n) is 1.29. The highest BCUT2D eigenvalue weighted by atomic mass is 28.4. The van der Waals surface area contributed by atoms with Crippen molar-refractivity contribution in [3.05, 3.63) is 0 Å². The van der Waals surface area contributed by atoms with E-state index in [1.54, 1.807) is 21.3 Å². The normalized spacial score (nSPS) is 10.9. The molecular weight excluding hydrogens is 236 g/mol. The van der Waals surface area contributed by atoms with Gasteiger partial charge in [0.25, 0.3) is 0 Å². The van der Waals surface area contributed by atoms with Crippen molar-refractivity contribution in [1.82, 2.24) is 10.6 Å². The molecule has 106 valence electrons. The van der Waals surface area contributed by atoms with Crippen LogP contribution in [-0.4, -0.2) is 57.3 Å². The van der Waals surface area contributed by atoms with Crippen LogP contribution in [0.3, 0.4) is 0 Å². The van der Waals surface area contributed by atoms with Crippen molar-refractivity contribution in [2.24, 2.45) is 0 Å². The van der Waals surface area contributed by atoms with E-state index in [1.165, 1.54) is 6.42 Å². The molecule has 0 spiro atoms. The predicted octanol–water partition coefficient (Wildman–Crippen LogP) is 1.09. The molecular formula is C11H30N2O3Si. The van der Waals surface area contributed by atoms with Gasteiger partial charge in [-0.25, -0.2) is 0 Å². The topological polar surface area (TPSA) is 51.8 Å². The highest BCUT2D eigenvalue weighted by molar-refractivity contribution is 6.60. The van der Waals surface area contributed by atoms with Crippen LogP contribution in [0.25, 0.3) is 0 Å². The summed E-state index contributed by atoms with van der Waals surface area (Å²) in [6, 6.07) is 0.868. The first-order valence-corrected chi connectivity index (χ1v) is 8.04. The zero-order valence-corrected chi connectivity index (χ0v) is 13.3. The Labute approximate surface area is 108 Å². The van der Waals surface area contributed by atoms with Crippen molar-refractivity contribution in [1.29, 1.82) is 0 Å². The van der Waals surface area contributed by atoms with E-state index in [2.05, 4.69) is 17.6 Å². The molecule has 0 aliphatic carbocycles. The lowest BCUT2D eigenvalue weighted by Crippen LogP contribution is -2.43. The maximum absolute atomic E-state index is 5.31. The van der Waals surface area contributed by atoms with Crippen molar-refractivity contribution in [2.45, 2.75) is 25.8 Å². The molecule has 17 heavy (non-hydrogen) atoms. The molecule has 0 rings (SSSR count). The van der Waals surface area contributed by atoms with Crippen LogP contribution in [0, 0.1) is 0 Å². The van der Waals surface area contributed by atoms with E-state index in [-0.39, 0.29) is 0 Å². The third-order valence-corrected chi connectivity index (χ3v) is 5.03. The molecule has 0 radical (unpaired) electrons. The average Bonchev–Trinajstić information content (AvgIpc) is 2.36. The highest BCUT2D eigenvalue weighted by Crippen LogP contribution is 2.14. The Morgan fingerprint density at radius 3 is 1.76 bits per heavy atom. The summed E-state index contributed by atoms with van der Waals surface area (Å²) >= 11 is 0. The molecule has 0 amide bonds. The maximum Gasteiger partial charge on any atom is 0.500 e. The van der Waals surface area contributed by atoms with Gasteiger partial charge in [-0.3, -0.25) is 0 Å². The third kappa shape index (κ3) is 10.9. The highest BCUT2D eigenvalue weighted by Gasteiger charge is 2.36. The standard InChI is InChI=1S/C9H23NO3Si.C2H7N/c1-5-7-10-8-6-9-14(11-2,12-3)13-4;1-3-2/h10H,5-9H2,1-4H3;3H,1-2H3. The minimum absolute atomic E-state index is 0.868. The predicted molar refractivity (Wildman–Crippen MR) is 74.3 cm³/mol. The van der Waals surface area contributed by atoms with Crippen LogP contribution < -0.4 is 10.6 Å². The molecule has 2 N–H and O–H groups in total. The van der Waals surface area contributed by atoms with Crippen molar-refractivity contribution >= 4 is 8.80 Å². The Hall–Kier alpha value is 0.0169. The third-order valence-electron chi connectivity index (χ3n) is 2.20. The zero-order valence-electron chi connectivity index (χ0n) is 12.3. The number of hydrogen-bond acceptors (Lipinski definition) is 5. The van der Waals surface area contributed by atoms with E-state index in [1.807, 2.05) is 14.1 Å². The largest absolute Gasteiger partial charge is 0.500 e. The fraction of sp³-hybridized carbons (Fsp3) is 1.00. The molecule has 0 bridgehead atoms. The first-order chi connectivity index (χ1) is 8.16. The summed E-state index contributed by atoms with van der Waals surface area (Å²) in [5, 5.41) is 6.09. The second-order valence-corrected chi connectivity index (χ2v) is 6.74. The molecule has 0 aliphatic heterocycles. The second kappa shape index (κ2) is 14.1. The quantitative estimate of drug-likeness (QED) is 0.483. The summed E-state index contributed by atoms with van der Waals surface area (Å²) in [5.74, 6) is 0. The molecule has 0 unspecified atom stereocenters. The summed E-state index contributed by atoms with van der Waals surface area (Å²) in [7, 11) is 6.39.